The maximum absolute atomic E-state index is 13.2. The van der Waals surface area contributed by atoms with E-state index in [9.17, 15) is 27.1 Å². The number of halogens is 1. The van der Waals surface area contributed by atoms with Gasteiger partial charge in [0.15, 0.2) is 0 Å². The Bertz CT molecular complexity index is 1250. The average Bonchev–Trinajstić information content (AvgIpc) is 2.92. The zero-order valence-corrected chi connectivity index (χ0v) is 17.9. The maximum Gasteiger partial charge on any atom is 0.341 e. The lowest BCUT2D eigenvalue weighted by molar-refractivity contribution is -0.137. The predicted octanol–water partition coefficient (Wildman–Crippen LogP) is 2.70. The fourth-order valence-corrected chi connectivity index (χ4v) is 4.93. The van der Waals surface area contributed by atoms with Crippen molar-refractivity contribution in [2.75, 3.05) is 11.2 Å². The number of benzene rings is 2. The second kappa shape index (κ2) is 8.64. The molecular formula is C18H16ClN2O7S2-. The number of hydrogen-bond acceptors (Lipinski definition) is 7. The van der Waals surface area contributed by atoms with Crippen LogP contribution in [0.5, 0.6) is 5.75 Å². The highest BCUT2D eigenvalue weighted by atomic mass is 35.5. The molecule has 0 radical (unpaired) electrons. The third kappa shape index (κ3) is 4.59. The topological polar surface area (TPSA) is 138 Å². The van der Waals surface area contributed by atoms with Gasteiger partial charge in [-0.3, -0.25) is 9.00 Å². The first-order valence-electron chi connectivity index (χ1n) is 8.43. The van der Waals surface area contributed by atoms with E-state index >= 15 is 0 Å². The molecule has 12 heteroatoms. The first-order valence-corrected chi connectivity index (χ1v) is 11.5. The van der Waals surface area contributed by atoms with Crippen molar-refractivity contribution in [2.45, 2.75) is 18.4 Å². The Balaban J connectivity index is 2.24. The molecule has 30 heavy (non-hydrogen) atoms. The van der Waals surface area contributed by atoms with Crippen LogP contribution in [0.2, 0.25) is 5.02 Å². The number of hydrogen-bond donors (Lipinski definition) is 2. The summed E-state index contributed by atoms with van der Waals surface area (Å²) in [5, 5.41) is 12.3. The van der Waals surface area contributed by atoms with Crippen LogP contribution in [0.4, 0.5) is 5.69 Å². The Labute approximate surface area is 179 Å². The van der Waals surface area contributed by atoms with Gasteiger partial charge in [0.2, 0.25) is 0 Å². The molecule has 2 N–H and O–H groups in total. The molecular weight excluding hydrogens is 456 g/mol. The zero-order valence-electron chi connectivity index (χ0n) is 15.5. The summed E-state index contributed by atoms with van der Waals surface area (Å²) < 4.78 is 54.8. The van der Waals surface area contributed by atoms with Gasteiger partial charge >= 0.3 is 16.1 Å². The van der Waals surface area contributed by atoms with Crippen molar-refractivity contribution in [2.24, 2.45) is 0 Å². The molecule has 3 aromatic rings. The molecule has 0 aliphatic rings. The fraction of sp³-hybridized carbons (Fsp3) is 0.167. The largest absolute Gasteiger partial charge is 0.771 e. The van der Waals surface area contributed by atoms with E-state index in [2.05, 4.69) is 5.32 Å². The van der Waals surface area contributed by atoms with Crippen LogP contribution in [0.3, 0.4) is 0 Å². The summed E-state index contributed by atoms with van der Waals surface area (Å²) in [5.74, 6) is -1.66. The molecule has 0 aliphatic carbocycles. The lowest BCUT2D eigenvalue weighted by Crippen LogP contribution is -2.14. The van der Waals surface area contributed by atoms with E-state index in [1.807, 2.05) is 0 Å². The van der Waals surface area contributed by atoms with E-state index in [4.69, 9.17) is 15.8 Å². The van der Waals surface area contributed by atoms with Gasteiger partial charge in [0.25, 0.3) is 0 Å². The standard InChI is InChI=1S/C18H17ClN2O7S2/c1-11-18(30(26,27)28-13-5-2-4-12(19)8-13)17-14(20-10-29(24)25)6-3-7-15(17)21(11)9-16(22)23/h2-8,20H,9-10H2,1H3,(H,22,23)(H,24,25)/p-1. The lowest BCUT2D eigenvalue weighted by atomic mass is 10.2. The van der Waals surface area contributed by atoms with Gasteiger partial charge < -0.3 is 23.7 Å². The third-order valence-electron chi connectivity index (χ3n) is 4.22. The van der Waals surface area contributed by atoms with Crippen molar-refractivity contribution in [3.63, 3.8) is 0 Å². The van der Waals surface area contributed by atoms with E-state index in [0.29, 0.717) is 5.52 Å². The molecule has 1 heterocycles. The van der Waals surface area contributed by atoms with Gasteiger partial charge in [-0.05, 0) is 42.3 Å². The SMILES string of the molecule is Cc1c(S(=O)(=O)Oc2cccc(Cl)c2)c2c(NCS(=O)[O-])cccc2n1CC(=O)O. The number of nitrogens with one attached hydrogen (secondary N) is 1. The van der Waals surface area contributed by atoms with Crippen molar-refractivity contribution in [3.8, 4) is 5.75 Å². The number of anilines is 1. The van der Waals surface area contributed by atoms with Crippen molar-refractivity contribution < 1.29 is 31.3 Å². The van der Waals surface area contributed by atoms with Crippen molar-refractivity contribution in [1.29, 1.82) is 0 Å². The van der Waals surface area contributed by atoms with Crippen molar-refractivity contribution in [3.05, 3.63) is 53.2 Å². The lowest BCUT2D eigenvalue weighted by Gasteiger charge is -2.12. The molecule has 0 spiro atoms. The Kier molecular flexibility index (Phi) is 6.36. The number of fused-ring (bicyclic) bond motifs is 1. The fourth-order valence-electron chi connectivity index (χ4n) is 3.10. The van der Waals surface area contributed by atoms with Crippen molar-refractivity contribution in [1.82, 2.24) is 4.57 Å². The highest BCUT2D eigenvalue weighted by Crippen LogP contribution is 2.36. The van der Waals surface area contributed by atoms with Crippen LogP contribution in [0.15, 0.2) is 47.4 Å². The Hall–Kier alpha value is -2.60. The van der Waals surface area contributed by atoms with E-state index in [1.165, 1.54) is 35.8 Å². The van der Waals surface area contributed by atoms with Crippen LogP contribution < -0.4 is 9.50 Å². The Morgan fingerprint density at radius 2 is 2.00 bits per heavy atom. The van der Waals surface area contributed by atoms with Crippen LogP contribution in [0.25, 0.3) is 10.9 Å². The smallest absolute Gasteiger partial charge is 0.341 e. The van der Waals surface area contributed by atoms with Gasteiger partial charge in [-0.2, -0.15) is 8.42 Å². The number of aliphatic carboxylic acids is 1. The average molecular weight is 472 g/mol. The van der Waals surface area contributed by atoms with E-state index in [-0.39, 0.29) is 32.4 Å². The first-order chi connectivity index (χ1) is 14.1. The molecule has 1 atom stereocenters. The molecule has 9 nitrogen and oxygen atoms in total. The summed E-state index contributed by atoms with van der Waals surface area (Å²) in [7, 11) is -4.43. The van der Waals surface area contributed by atoms with E-state index < -0.39 is 39.6 Å². The highest BCUT2D eigenvalue weighted by Gasteiger charge is 2.29. The number of carbonyl (C=O) groups is 1. The van der Waals surface area contributed by atoms with Gasteiger partial charge in [-0.15, -0.1) is 0 Å². The number of carboxylic acid groups (broad SMARTS) is 1. The second-order valence-corrected chi connectivity index (χ2v) is 9.03. The summed E-state index contributed by atoms with van der Waals surface area (Å²) >= 11 is 3.45. The van der Waals surface area contributed by atoms with Crippen LogP contribution >= 0.6 is 11.6 Å². The second-order valence-electron chi connectivity index (χ2n) is 6.21. The third-order valence-corrected chi connectivity index (χ3v) is 6.25. The van der Waals surface area contributed by atoms with Gasteiger partial charge in [-0.1, -0.05) is 23.7 Å². The molecule has 0 bridgehead atoms. The highest BCUT2D eigenvalue weighted by molar-refractivity contribution is 7.87. The molecule has 0 aliphatic heterocycles. The number of carboxylic acids is 1. The molecule has 0 saturated carbocycles. The van der Waals surface area contributed by atoms with Crippen LogP contribution in [0, 0.1) is 6.92 Å². The first kappa shape index (κ1) is 22.1. The monoisotopic (exact) mass is 471 g/mol. The minimum Gasteiger partial charge on any atom is -0.771 e. The van der Waals surface area contributed by atoms with E-state index in [0.717, 1.165) is 0 Å². The van der Waals surface area contributed by atoms with Gasteiger partial charge in [0.05, 0.1) is 11.4 Å². The Morgan fingerprint density at radius 3 is 2.63 bits per heavy atom. The van der Waals surface area contributed by atoms with Gasteiger partial charge in [0, 0.05) is 27.9 Å². The molecule has 1 unspecified atom stereocenters. The quantitative estimate of drug-likeness (QED) is 0.377. The Morgan fingerprint density at radius 1 is 1.30 bits per heavy atom. The molecule has 0 fully saturated rings. The molecule has 1 aromatic heterocycles. The molecule has 0 amide bonds. The summed E-state index contributed by atoms with van der Waals surface area (Å²) in [6.07, 6.45) is 0. The number of rotatable bonds is 8. The molecule has 2 aromatic carbocycles. The minimum atomic E-state index is -4.43. The minimum absolute atomic E-state index is 0.0212. The van der Waals surface area contributed by atoms with Gasteiger partial charge in [-0.25, -0.2) is 0 Å². The molecule has 0 saturated heterocycles. The summed E-state index contributed by atoms with van der Waals surface area (Å²) in [6.45, 7) is 0.957. The van der Waals surface area contributed by atoms with Crippen LogP contribution in [0.1, 0.15) is 5.69 Å². The zero-order chi connectivity index (χ0) is 22.1. The van der Waals surface area contributed by atoms with Gasteiger partial charge in [0.1, 0.15) is 17.2 Å². The normalized spacial score (nSPS) is 12.6. The number of nitrogens with zero attached hydrogens (tertiary/aromatic N) is 1. The predicted molar refractivity (Wildman–Crippen MR) is 111 cm³/mol. The van der Waals surface area contributed by atoms with Crippen LogP contribution in [-0.4, -0.2) is 38.7 Å². The van der Waals surface area contributed by atoms with Crippen LogP contribution in [-0.2, 0) is 32.5 Å². The van der Waals surface area contributed by atoms with Crippen molar-refractivity contribution >= 4 is 55.4 Å². The summed E-state index contributed by atoms with van der Waals surface area (Å²) in [4.78, 5) is 11.1. The molecule has 3 rings (SSSR count). The summed E-state index contributed by atoms with van der Waals surface area (Å²) in [6, 6.07) is 10.4. The van der Waals surface area contributed by atoms with E-state index in [1.54, 1.807) is 18.2 Å². The maximum atomic E-state index is 13.2. The molecule has 160 valence electrons. The summed E-state index contributed by atoms with van der Waals surface area (Å²) in [5.41, 5.74) is 0.633. The number of aromatic nitrogens is 1.